The van der Waals surface area contributed by atoms with E-state index in [9.17, 15) is 9.59 Å². The zero-order chi connectivity index (χ0) is 28.3. The van der Waals surface area contributed by atoms with Crippen molar-refractivity contribution < 1.29 is 9.59 Å². The number of benzene rings is 4. The van der Waals surface area contributed by atoms with Crippen molar-refractivity contribution in [3.63, 3.8) is 0 Å². The van der Waals surface area contributed by atoms with Crippen LogP contribution in [0.5, 0.6) is 0 Å². The molecule has 0 saturated carbocycles. The number of nitrogens with one attached hydrogen (secondary N) is 2. The van der Waals surface area contributed by atoms with Crippen LogP contribution in [-0.4, -0.2) is 37.3 Å². The maximum Gasteiger partial charge on any atom is 0.252 e. The summed E-state index contributed by atoms with van der Waals surface area (Å²) in [4.78, 5) is 30.4. The second-order valence-corrected chi connectivity index (χ2v) is 11.7. The first-order chi connectivity index (χ1) is 20.0. The van der Waals surface area contributed by atoms with Gasteiger partial charge in [0.2, 0.25) is 5.91 Å². The Morgan fingerprint density at radius 3 is 2.56 bits per heavy atom. The molecule has 12 heteroatoms. The number of hydrogen-bond acceptors (Lipinski definition) is 7. The van der Waals surface area contributed by atoms with E-state index in [1.807, 2.05) is 60.7 Å². The first-order valence-electron chi connectivity index (χ1n) is 12.4. The molecule has 2 heterocycles. The van der Waals surface area contributed by atoms with Gasteiger partial charge in [0.1, 0.15) is 0 Å². The van der Waals surface area contributed by atoms with Gasteiger partial charge in [-0.2, -0.15) is 0 Å². The van der Waals surface area contributed by atoms with Crippen molar-refractivity contribution in [3.05, 3.63) is 106 Å². The lowest BCUT2D eigenvalue weighted by molar-refractivity contribution is -0.113. The number of para-hydroxylation sites is 1. The lowest BCUT2D eigenvalue weighted by Gasteiger charge is -2.12. The minimum Gasteiger partial charge on any atom is -0.345 e. The highest BCUT2D eigenvalue weighted by Crippen LogP contribution is 2.29. The summed E-state index contributed by atoms with van der Waals surface area (Å²) in [5, 5.41) is 18.0. The van der Waals surface area contributed by atoms with E-state index >= 15 is 0 Å². The molecule has 0 atom stereocenters. The molecule has 8 nitrogen and oxygen atoms in total. The van der Waals surface area contributed by atoms with E-state index in [2.05, 4.69) is 25.8 Å². The predicted octanol–water partition coefficient (Wildman–Crippen LogP) is 7.00. The number of carbonyl (C=O) groups excluding carboxylic acids is 2. The van der Waals surface area contributed by atoms with Crippen LogP contribution in [0.2, 0.25) is 10.0 Å². The number of hydrogen-bond donors (Lipinski definition) is 2. The van der Waals surface area contributed by atoms with Crippen molar-refractivity contribution >= 4 is 84.2 Å². The highest BCUT2D eigenvalue weighted by molar-refractivity contribution is 7.99. The second-order valence-electron chi connectivity index (χ2n) is 8.87. The number of carbonyl (C=O) groups is 2. The molecule has 0 fully saturated rings. The van der Waals surface area contributed by atoms with Crippen molar-refractivity contribution in [2.45, 2.75) is 11.7 Å². The van der Waals surface area contributed by atoms with E-state index < -0.39 is 0 Å². The molecule has 0 unspecified atom stereocenters. The molecule has 2 amide bonds. The number of rotatable bonds is 8. The van der Waals surface area contributed by atoms with E-state index in [-0.39, 0.29) is 24.1 Å². The zero-order valence-corrected chi connectivity index (χ0v) is 24.3. The predicted molar refractivity (Wildman–Crippen MR) is 165 cm³/mol. The maximum atomic E-state index is 13.2. The smallest absolute Gasteiger partial charge is 0.252 e. The molecule has 6 rings (SSSR count). The summed E-state index contributed by atoms with van der Waals surface area (Å²) in [6.45, 7) is 0.0910. The summed E-state index contributed by atoms with van der Waals surface area (Å²) in [6.07, 6.45) is 0. The third-order valence-corrected chi connectivity index (χ3v) is 8.80. The molecular formula is C29H20Cl2N6O2S2. The summed E-state index contributed by atoms with van der Waals surface area (Å²) in [5.41, 5.74) is 2.03. The van der Waals surface area contributed by atoms with Crippen molar-refractivity contribution in [3.8, 4) is 5.69 Å². The van der Waals surface area contributed by atoms with Crippen LogP contribution in [0.25, 0.3) is 26.7 Å². The topological polar surface area (TPSA) is 102 Å². The van der Waals surface area contributed by atoms with Gasteiger partial charge in [0, 0.05) is 5.56 Å². The third kappa shape index (κ3) is 5.91. The standard InChI is InChI=1S/C29H20Cl2N6O2S2/c30-21-13-12-18(14-22(21)31)37-25(15-32-27(39)20-9-5-7-17-6-1-2-8-19(17)20)35-36-29(37)40-16-26(38)34-28-33-23-10-3-4-11-24(23)41-28/h1-14H,15-16H2,(H,32,39)(H,33,34,38). The summed E-state index contributed by atoms with van der Waals surface area (Å²) in [5.74, 6) is 0.0575. The van der Waals surface area contributed by atoms with Gasteiger partial charge in [-0.15, -0.1) is 10.2 Å². The Morgan fingerprint density at radius 1 is 0.902 bits per heavy atom. The number of amides is 2. The largest absolute Gasteiger partial charge is 0.345 e. The van der Waals surface area contributed by atoms with Gasteiger partial charge in [-0.05, 0) is 47.2 Å². The lowest BCUT2D eigenvalue weighted by Crippen LogP contribution is -2.25. The minimum absolute atomic E-state index is 0.0672. The SMILES string of the molecule is O=C(CSc1nnc(CNC(=O)c2cccc3ccccc23)n1-c1ccc(Cl)c(Cl)c1)Nc1nc2ccccc2s1. The van der Waals surface area contributed by atoms with Crippen LogP contribution in [0.15, 0.2) is 90.1 Å². The Kier molecular flexibility index (Phi) is 7.89. The number of fused-ring (bicyclic) bond motifs is 2. The van der Waals surface area contributed by atoms with E-state index in [0.29, 0.717) is 37.4 Å². The molecular weight excluding hydrogens is 599 g/mol. The summed E-state index contributed by atoms with van der Waals surface area (Å²) in [7, 11) is 0. The first kappa shape index (κ1) is 27.2. The molecule has 204 valence electrons. The number of anilines is 1. The Balaban J connectivity index is 1.22. The monoisotopic (exact) mass is 618 g/mol. The van der Waals surface area contributed by atoms with Gasteiger partial charge in [-0.1, -0.05) is 94.8 Å². The van der Waals surface area contributed by atoms with Crippen molar-refractivity contribution in [2.75, 3.05) is 11.1 Å². The molecule has 0 bridgehead atoms. The Bertz CT molecular complexity index is 1880. The van der Waals surface area contributed by atoms with Gasteiger partial charge in [0.15, 0.2) is 16.1 Å². The number of aromatic nitrogens is 4. The lowest BCUT2D eigenvalue weighted by atomic mass is 10.0. The molecule has 4 aromatic carbocycles. The van der Waals surface area contributed by atoms with Gasteiger partial charge in [0.05, 0.1) is 38.2 Å². The summed E-state index contributed by atoms with van der Waals surface area (Å²) in [6, 6.07) is 26.1. The average Bonchev–Trinajstić information content (AvgIpc) is 3.59. The molecule has 0 saturated heterocycles. The van der Waals surface area contributed by atoms with E-state index in [1.54, 1.807) is 28.8 Å². The number of nitrogens with zero attached hydrogens (tertiary/aromatic N) is 4. The minimum atomic E-state index is -0.241. The van der Waals surface area contributed by atoms with Crippen LogP contribution < -0.4 is 10.6 Å². The highest BCUT2D eigenvalue weighted by Gasteiger charge is 2.19. The van der Waals surface area contributed by atoms with Gasteiger partial charge in [-0.25, -0.2) is 4.98 Å². The molecule has 6 aromatic rings. The van der Waals surface area contributed by atoms with Gasteiger partial charge < -0.3 is 10.6 Å². The summed E-state index contributed by atoms with van der Waals surface area (Å²) >= 11 is 15.1. The van der Waals surface area contributed by atoms with Crippen LogP contribution in [0.3, 0.4) is 0 Å². The van der Waals surface area contributed by atoms with E-state index in [0.717, 1.165) is 21.0 Å². The Hall–Kier alpha value is -3.96. The van der Waals surface area contributed by atoms with E-state index in [4.69, 9.17) is 23.2 Å². The molecule has 41 heavy (non-hydrogen) atoms. The normalized spacial score (nSPS) is 11.2. The van der Waals surface area contributed by atoms with Gasteiger partial charge >= 0.3 is 0 Å². The molecule has 2 aromatic heterocycles. The fourth-order valence-corrected chi connectivity index (χ4v) is 6.23. The van der Waals surface area contributed by atoms with Gasteiger partial charge in [-0.3, -0.25) is 14.2 Å². The molecule has 2 N–H and O–H groups in total. The van der Waals surface area contributed by atoms with Crippen molar-refractivity contribution in [2.24, 2.45) is 0 Å². The average molecular weight is 620 g/mol. The molecule has 0 spiro atoms. The fraction of sp³-hybridized carbons (Fsp3) is 0.0690. The third-order valence-electron chi connectivity index (χ3n) is 6.18. The first-order valence-corrected chi connectivity index (χ1v) is 15.0. The highest BCUT2D eigenvalue weighted by atomic mass is 35.5. The quantitative estimate of drug-likeness (QED) is 0.178. The van der Waals surface area contributed by atoms with Crippen LogP contribution in [0.1, 0.15) is 16.2 Å². The number of thiazole rings is 1. The zero-order valence-electron chi connectivity index (χ0n) is 21.2. The Morgan fingerprint density at radius 2 is 1.71 bits per heavy atom. The molecule has 0 aliphatic heterocycles. The fourth-order valence-electron chi connectivity index (χ4n) is 4.28. The second kappa shape index (κ2) is 11.9. The summed E-state index contributed by atoms with van der Waals surface area (Å²) < 4.78 is 2.74. The number of thioether (sulfide) groups is 1. The molecule has 0 aliphatic carbocycles. The van der Waals surface area contributed by atoms with Crippen LogP contribution in [0.4, 0.5) is 5.13 Å². The van der Waals surface area contributed by atoms with Crippen LogP contribution in [-0.2, 0) is 11.3 Å². The Labute approximate surface area is 252 Å². The van der Waals surface area contributed by atoms with Crippen LogP contribution >= 0.6 is 46.3 Å². The van der Waals surface area contributed by atoms with Crippen molar-refractivity contribution in [1.29, 1.82) is 0 Å². The van der Waals surface area contributed by atoms with Gasteiger partial charge in [0.25, 0.3) is 5.91 Å². The molecule has 0 aliphatic rings. The van der Waals surface area contributed by atoms with E-state index in [1.165, 1.54) is 23.1 Å². The maximum absolute atomic E-state index is 13.2. The van der Waals surface area contributed by atoms with Crippen molar-refractivity contribution in [1.82, 2.24) is 25.1 Å². The molecule has 0 radical (unpaired) electrons. The number of halogens is 2. The van der Waals surface area contributed by atoms with Crippen LogP contribution in [0, 0.1) is 0 Å².